The van der Waals surface area contributed by atoms with E-state index >= 15 is 0 Å². The number of carbonyl (C=O) groups excluding carboxylic acids is 1. The Morgan fingerprint density at radius 2 is 1.39 bits per heavy atom. The molecular weight excluding hydrogens is 423 g/mol. The largest absolute Gasteiger partial charge is 0.497 e. The van der Waals surface area contributed by atoms with Crippen LogP contribution >= 0.6 is 0 Å². The Kier molecular flexibility index (Phi) is 6.76. The number of nitrogens with one attached hydrogen (secondary N) is 1. The average Bonchev–Trinajstić information content (AvgIpc) is 2.78. The fourth-order valence-electron chi connectivity index (χ4n) is 2.80. The van der Waals surface area contributed by atoms with E-state index in [9.17, 15) is 17.6 Å². The lowest BCUT2D eigenvalue weighted by atomic mass is 10.3. The summed E-state index contributed by atoms with van der Waals surface area (Å²) in [6, 6.07) is 17.3. The summed E-state index contributed by atoms with van der Waals surface area (Å²) in [5.41, 5.74) is 0.633. The maximum absolute atomic E-state index is 13.4. The van der Waals surface area contributed by atoms with Gasteiger partial charge in [-0.3, -0.25) is 9.10 Å². The number of sulfonamides is 1. The third-order valence-electron chi connectivity index (χ3n) is 4.42. The minimum Gasteiger partial charge on any atom is -0.497 e. The third kappa shape index (κ3) is 5.32. The Morgan fingerprint density at radius 1 is 0.871 bits per heavy atom. The summed E-state index contributed by atoms with van der Waals surface area (Å²) in [7, 11) is -1.12. The SMILES string of the molecule is COc1ccc(NC(=O)CN(c2ccc(F)cc2)S(=O)(=O)c2ccc(OC)cc2)cc1. The van der Waals surface area contributed by atoms with Gasteiger partial charge in [-0.2, -0.15) is 0 Å². The van der Waals surface area contributed by atoms with Gasteiger partial charge >= 0.3 is 0 Å². The van der Waals surface area contributed by atoms with Crippen molar-refractivity contribution < 1.29 is 27.1 Å². The van der Waals surface area contributed by atoms with Crippen LogP contribution in [-0.4, -0.2) is 35.1 Å². The van der Waals surface area contributed by atoms with E-state index in [0.29, 0.717) is 17.2 Å². The van der Waals surface area contributed by atoms with Gasteiger partial charge in [-0.15, -0.1) is 0 Å². The smallest absolute Gasteiger partial charge is 0.264 e. The number of anilines is 2. The summed E-state index contributed by atoms with van der Waals surface area (Å²) >= 11 is 0. The molecule has 0 fully saturated rings. The summed E-state index contributed by atoms with van der Waals surface area (Å²) in [5.74, 6) is 0.0253. The minimum atomic E-state index is -4.12. The van der Waals surface area contributed by atoms with Gasteiger partial charge < -0.3 is 14.8 Å². The van der Waals surface area contributed by atoms with E-state index in [4.69, 9.17) is 9.47 Å². The lowest BCUT2D eigenvalue weighted by molar-refractivity contribution is -0.114. The normalized spacial score (nSPS) is 10.9. The van der Waals surface area contributed by atoms with Gasteiger partial charge in [0.15, 0.2) is 0 Å². The zero-order valence-corrected chi connectivity index (χ0v) is 17.7. The number of benzene rings is 3. The number of methoxy groups -OCH3 is 2. The van der Waals surface area contributed by atoms with Crippen LogP contribution in [0.4, 0.5) is 15.8 Å². The van der Waals surface area contributed by atoms with Crippen LogP contribution in [0.25, 0.3) is 0 Å². The Balaban J connectivity index is 1.90. The molecule has 0 atom stereocenters. The standard InChI is InChI=1S/C22H21FN2O5S/c1-29-19-9-5-17(6-10-19)24-22(26)15-25(18-7-3-16(23)4-8-18)31(27,28)21-13-11-20(30-2)12-14-21/h3-14H,15H2,1-2H3,(H,24,26). The summed E-state index contributed by atoms with van der Waals surface area (Å²) in [5, 5.41) is 2.65. The first kappa shape index (κ1) is 22.1. The third-order valence-corrected chi connectivity index (χ3v) is 6.21. The van der Waals surface area contributed by atoms with Crippen molar-refractivity contribution in [3.8, 4) is 11.5 Å². The van der Waals surface area contributed by atoms with E-state index < -0.39 is 28.3 Å². The molecule has 7 nitrogen and oxygen atoms in total. The zero-order chi connectivity index (χ0) is 22.4. The number of hydrogen-bond acceptors (Lipinski definition) is 5. The molecular formula is C22H21FN2O5S. The molecule has 0 saturated carbocycles. The topological polar surface area (TPSA) is 84.9 Å². The van der Waals surface area contributed by atoms with Gasteiger partial charge in [-0.1, -0.05) is 0 Å². The van der Waals surface area contributed by atoms with Crippen LogP contribution in [0.3, 0.4) is 0 Å². The fourth-order valence-corrected chi connectivity index (χ4v) is 4.22. The highest BCUT2D eigenvalue weighted by Gasteiger charge is 2.27. The molecule has 0 aliphatic rings. The van der Waals surface area contributed by atoms with E-state index in [0.717, 1.165) is 16.4 Å². The molecule has 31 heavy (non-hydrogen) atoms. The maximum atomic E-state index is 13.4. The molecule has 0 bridgehead atoms. The van der Waals surface area contributed by atoms with Gasteiger partial charge in [0.1, 0.15) is 23.9 Å². The van der Waals surface area contributed by atoms with Crippen LogP contribution in [0.2, 0.25) is 0 Å². The van der Waals surface area contributed by atoms with Crippen molar-refractivity contribution in [3.63, 3.8) is 0 Å². The van der Waals surface area contributed by atoms with Crippen LogP contribution in [0.1, 0.15) is 0 Å². The molecule has 9 heteroatoms. The molecule has 3 aromatic carbocycles. The molecule has 0 radical (unpaired) electrons. The number of nitrogens with zero attached hydrogens (tertiary/aromatic N) is 1. The molecule has 3 rings (SSSR count). The maximum Gasteiger partial charge on any atom is 0.264 e. The van der Waals surface area contributed by atoms with Gasteiger partial charge in [-0.05, 0) is 72.8 Å². The highest BCUT2D eigenvalue weighted by atomic mass is 32.2. The molecule has 162 valence electrons. The van der Waals surface area contributed by atoms with Gasteiger partial charge in [0.2, 0.25) is 5.91 Å². The second-order valence-electron chi connectivity index (χ2n) is 6.44. The van der Waals surface area contributed by atoms with Crippen molar-refractivity contribution in [2.75, 3.05) is 30.4 Å². The Morgan fingerprint density at radius 3 is 1.90 bits per heavy atom. The van der Waals surface area contributed by atoms with Gasteiger partial charge in [0.25, 0.3) is 10.0 Å². The van der Waals surface area contributed by atoms with Crippen molar-refractivity contribution in [1.29, 1.82) is 0 Å². The number of rotatable bonds is 8. The van der Waals surface area contributed by atoms with Gasteiger partial charge in [0, 0.05) is 5.69 Å². The number of hydrogen-bond donors (Lipinski definition) is 1. The van der Waals surface area contributed by atoms with Crippen LogP contribution in [-0.2, 0) is 14.8 Å². The average molecular weight is 444 g/mol. The minimum absolute atomic E-state index is 0.0325. The van der Waals surface area contributed by atoms with Gasteiger partial charge in [-0.25, -0.2) is 12.8 Å². The van der Waals surface area contributed by atoms with Crippen molar-refractivity contribution in [1.82, 2.24) is 0 Å². The monoisotopic (exact) mass is 444 g/mol. The van der Waals surface area contributed by atoms with Crippen LogP contribution < -0.4 is 19.1 Å². The molecule has 0 heterocycles. The molecule has 0 aliphatic carbocycles. The summed E-state index contributed by atoms with van der Waals surface area (Å²) in [6.07, 6.45) is 0. The van der Waals surface area contributed by atoms with Crippen molar-refractivity contribution in [3.05, 3.63) is 78.6 Å². The van der Waals surface area contributed by atoms with Crippen molar-refractivity contribution >= 4 is 27.3 Å². The second kappa shape index (κ2) is 9.48. The van der Waals surface area contributed by atoms with Crippen molar-refractivity contribution in [2.45, 2.75) is 4.90 Å². The molecule has 3 aromatic rings. The Hall–Kier alpha value is -3.59. The number of amides is 1. The van der Waals surface area contributed by atoms with Crippen molar-refractivity contribution in [2.24, 2.45) is 0 Å². The molecule has 0 aromatic heterocycles. The molecule has 0 aliphatic heterocycles. The first-order valence-corrected chi connectivity index (χ1v) is 10.6. The summed E-state index contributed by atoms with van der Waals surface area (Å²) in [6.45, 7) is -0.508. The second-order valence-corrected chi connectivity index (χ2v) is 8.30. The van der Waals surface area contributed by atoms with Crippen LogP contribution in [0.5, 0.6) is 11.5 Å². The van der Waals surface area contributed by atoms with Crippen LogP contribution in [0.15, 0.2) is 77.7 Å². The first-order chi connectivity index (χ1) is 14.8. The van der Waals surface area contributed by atoms with Gasteiger partial charge in [0.05, 0.1) is 24.8 Å². The number of carbonyl (C=O) groups is 1. The Labute approximate surface area is 180 Å². The number of halogens is 1. The zero-order valence-electron chi connectivity index (χ0n) is 16.9. The first-order valence-electron chi connectivity index (χ1n) is 9.20. The summed E-state index contributed by atoms with van der Waals surface area (Å²) in [4.78, 5) is 12.6. The predicted octanol–water partition coefficient (Wildman–Crippen LogP) is 3.68. The quantitative estimate of drug-likeness (QED) is 0.573. The van der Waals surface area contributed by atoms with E-state index in [1.807, 2.05) is 0 Å². The molecule has 0 saturated heterocycles. The number of ether oxygens (including phenoxy) is 2. The molecule has 1 amide bonds. The van der Waals surface area contributed by atoms with E-state index in [1.54, 1.807) is 24.3 Å². The summed E-state index contributed by atoms with van der Waals surface area (Å²) < 4.78 is 51.0. The van der Waals surface area contributed by atoms with E-state index in [2.05, 4.69) is 5.32 Å². The Bertz CT molecular complexity index is 1130. The lowest BCUT2D eigenvalue weighted by Crippen LogP contribution is -2.38. The highest BCUT2D eigenvalue weighted by molar-refractivity contribution is 7.92. The lowest BCUT2D eigenvalue weighted by Gasteiger charge is -2.24. The highest BCUT2D eigenvalue weighted by Crippen LogP contribution is 2.25. The van der Waals surface area contributed by atoms with E-state index in [-0.39, 0.29) is 10.6 Å². The molecule has 1 N–H and O–H groups in total. The molecule has 0 spiro atoms. The fraction of sp³-hybridized carbons (Fsp3) is 0.136. The predicted molar refractivity (Wildman–Crippen MR) is 116 cm³/mol. The van der Waals surface area contributed by atoms with E-state index in [1.165, 1.54) is 50.6 Å². The van der Waals surface area contributed by atoms with Crippen LogP contribution in [0, 0.1) is 5.82 Å². The molecule has 0 unspecified atom stereocenters.